The smallest absolute Gasteiger partial charge is 0.0175 e. The molecule has 18 heavy (non-hydrogen) atoms. The van der Waals surface area contributed by atoms with Crippen molar-refractivity contribution in [3.63, 3.8) is 0 Å². The first kappa shape index (κ1) is 15.7. The molecule has 0 radical (unpaired) electrons. The van der Waals surface area contributed by atoms with E-state index >= 15 is 0 Å². The summed E-state index contributed by atoms with van der Waals surface area (Å²) in [5.74, 6) is 0.663. The van der Waals surface area contributed by atoms with Crippen LogP contribution in [-0.2, 0) is 0 Å². The summed E-state index contributed by atoms with van der Waals surface area (Å²) in [7, 11) is 0. The first-order valence-electron chi connectivity index (χ1n) is 7.24. The summed E-state index contributed by atoms with van der Waals surface area (Å²) in [6, 6.07) is 8.83. The third-order valence-corrected chi connectivity index (χ3v) is 3.84. The summed E-state index contributed by atoms with van der Waals surface area (Å²) in [4.78, 5) is 0. The molecule has 102 valence electrons. The summed E-state index contributed by atoms with van der Waals surface area (Å²) in [5, 5.41) is 3.56. The van der Waals surface area contributed by atoms with Gasteiger partial charge < -0.3 is 5.32 Å². The van der Waals surface area contributed by atoms with Gasteiger partial charge in [0.1, 0.15) is 0 Å². The second kappa shape index (κ2) is 9.57. The summed E-state index contributed by atoms with van der Waals surface area (Å²) in [6.45, 7) is 6.72. The van der Waals surface area contributed by atoms with Crippen molar-refractivity contribution in [2.75, 3.05) is 13.1 Å². The fraction of sp³-hybridized carbons (Fsp3) is 0.625. The van der Waals surface area contributed by atoms with Crippen molar-refractivity contribution in [3.8, 4) is 0 Å². The fourth-order valence-corrected chi connectivity index (χ4v) is 2.48. The van der Waals surface area contributed by atoms with E-state index in [0.717, 1.165) is 13.1 Å². The lowest BCUT2D eigenvalue weighted by molar-refractivity contribution is 0.519. The van der Waals surface area contributed by atoms with Crippen LogP contribution in [0.4, 0.5) is 0 Å². The van der Waals surface area contributed by atoms with Crippen LogP contribution in [-0.4, -0.2) is 13.1 Å². The molecule has 1 aromatic carbocycles. The molecule has 0 aliphatic carbocycles. The molecular weight excluding hydrogens is 286 g/mol. The molecule has 1 nitrogen and oxygen atoms in total. The second-order valence-corrected chi connectivity index (χ2v) is 5.86. The SMILES string of the molecule is CCCCCC(CNCCC)c1ccc(Br)cc1. The largest absolute Gasteiger partial charge is 0.316 e. The van der Waals surface area contributed by atoms with E-state index in [1.54, 1.807) is 0 Å². The minimum absolute atomic E-state index is 0.663. The Morgan fingerprint density at radius 1 is 1.06 bits per heavy atom. The van der Waals surface area contributed by atoms with Crippen LogP contribution < -0.4 is 5.32 Å². The van der Waals surface area contributed by atoms with E-state index < -0.39 is 0 Å². The quantitative estimate of drug-likeness (QED) is 0.625. The van der Waals surface area contributed by atoms with E-state index in [-0.39, 0.29) is 0 Å². The van der Waals surface area contributed by atoms with Gasteiger partial charge in [0, 0.05) is 11.0 Å². The average molecular weight is 312 g/mol. The molecule has 0 aliphatic heterocycles. The van der Waals surface area contributed by atoms with Crippen molar-refractivity contribution < 1.29 is 0 Å². The van der Waals surface area contributed by atoms with Crippen LogP contribution in [0.1, 0.15) is 57.4 Å². The minimum Gasteiger partial charge on any atom is -0.316 e. The molecular formula is C16H26BrN. The van der Waals surface area contributed by atoms with Crippen molar-refractivity contribution in [1.29, 1.82) is 0 Å². The van der Waals surface area contributed by atoms with Gasteiger partial charge in [0.25, 0.3) is 0 Å². The number of rotatable bonds is 9. The lowest BCUT2D eigenvalue weighted by Gasteiger charge is -2.18. The van der Waals surface area contributed by atoms with Crippen LogP contribution in [0, 0.1) is 0 Å². The summed E-state index contributed by atoms with van der Waals surface area (Å²) in [5.41, 5.74) is 1.47. The molecule has 2 heteroatoms. The maximum absolute atomic E-state index is 3.56. The van der Waals surface area contributed by atoms with Gasteiger partial charge in [-0.25, -0.2) is 0 Å². The third-order valence-electron chi connectivity index (χ3n) is 3.32. The van der Waals surface area contributed by atoms with Crippen LogP contribution in [0.2, 0.25) is 0 Å². The molecule has 1 aromatic rings. The zero-order valence-electron chi connectivity index (χ0n) is 11.7. The second-order valence-electron chi connectivity index (χ2n) is 4.95. The lowest BCUT2D eigenvalue weighted by atomic mass is 9.93. The van der Waals surface area contributed by atoms with Crippen LogP contribution in [0.25, 0.3) is 0 Å². The highest BCUT2D eigenvalue weighted by Crippen LogP contribution is 2.23. The molecule has 1 atom stereocenters. The molecule has 0 saturated heterocycles. The Balaban J connectivity index is 2.54. The number of hydrogen-bond donors (Lipinski definition) is 1. The number of benzene rings is 1. The molecule has 1 rings (SSSR count). The summed E-state index contributed by atoms with van der Waals surface area (Å²) in [6.07, 6.45) is 6.50. The highest BCUT2D eigenvalue weighted by atomic mass is 79.9. The molecule has 0 fully saturated rings. The van der Waals surface area contributed by atoms with Crippen LogP contribution in [0.3, 0.4) is 0 Å². The van der Waals surface area contributed by atoms with Gasteiger partial charge in [-0.2, -0.15) is 0 Å². The number of nitrogens with one attached hydrogen (secondary N) is 1. The Hall–Kier alpha value is -0.340. The van der Waals surface area contributed by atoms with E-state index in [4.69, 9.17) is 0 Å². The van der Waals surface area contributed by atoms with Crippen molar-refractivity contribution in [2.45, 2.75) is 51.9 Å². The van der Waals surface area contributed by atoms with E-state index in [2.05, 4.69) is 59.4 Å². The molecule has 1 unspecified atom stereocenters. The van der Waals surface area contributed by atoms with Crippen molar-refractivity contribution in [3.05, 3.63) is 34.3 Å². The van der Waals surface area contributed by atoms with Gasteiger partial charge in [-0.1, -0.05) is 61.2 Å². The maximum atomic E-state index is 3.56. The van der Waals surface area contributed by atoms with Crippen LogP contribution >= 0.6 is 15.9 Å². The normalized spacial score (nSPS) is 12.6. The Morgan fingerprint density at radius 3 is 2.39 bits per heavy atom. The molecule has 0 heterocycles. The van der Waals surface area contributed by atoms with E-state index in [9.17, 15) is 0 Å². The highest BCUT2D eigenvalue weighted by Gasteiger charge is 2.10. The molecule has 0 aromatic heterocycles. The number of unbranched alkanes of at least 4 members (excludes halogenated alkanes) is 2. The third kappa shape index (κ3) is 6.01. The Bertz CT molecular complexity index is 297. The highest BCUT2D eigenvalue weighted by molar-refractivity contribution is 9.10. The van der Waals surface area contributed by atoms with Gasteiger partial charge in [-0.05, 0) is 43.0 Å². The van der Waals surface area contributed by atoms with Crippen LogP contribution in [0.5, 0.6) is 0 Å². The Kier molecular flexibility index (Phi) is 8.36. The van der Waals surface area contributed by atoms with Crippen molar-refractivity contribution >= 4 is 15.9 Å². The van der Waals surface area contributed by atoms with Gasteiger partial charge in [-0.15, -0.1) is 0 Å². The maximum Gasteiger partial charge on any atom is 0.0175 e. The first-order valence-corrected chi connectivity index (χ1v) is 8.03. The fourth-order valence-electron chi connectivity index (χ4n) is 2.22. The molecule has 1 N–H and O–H groups in total. The predicted molar refractivity (Wildman–Crippen MR) is 84.2 cm³/mol. The van der Waals surface area contributed by atoms with E-state index in [0.29, 0.717) is 5.92 Å². The van der Waals surface area contributed by atoms with Gasteiger partial charge in [-0.3, -0.25) is 0 Å². The average Bonchev–Trinajstić information content (AvgIpc) is 2.38. The zero-order valence-corrected chi connectivity index (χ0v) is 13.3. The molecule has 0 bridgehead atoms. The Morgan fingerprint density at radius 2 is 1.78 bits per heavy atom. The summed E-state index contributed by atoms with van der Waals surface area (Å²) >= 11 is 3.51. The summed E-state index contributed by atoms with van der Waals surface area (Å²) < 4.78 is 1.17. The van der Waals surface area contributed by atoms with Gasteiger partial charge in [0.15, 0.2) is 0 Å². The molecule has 0 spiro atoms. The monoisotopic (exact) mass is 311 g/mol. The van der Waals surface area contributed by atoms with Crippen molar-refractivity contribution in [1.82, 2.24) is 5.32 Å². The predicted octanol–water partition coefficient (Wildman–Crippen LogP) is 5.11. The Labute approximate surface area is 120 Å². The molecule has 0 amide bonds. The first-order chi connectivity index (χ1) is 8.77. The topological polar surface area (TPSA) is 12.0 Å². The number of halogens is 1. The standard InChI is InChI=1S/C16H26BrN/c1-3-5-6-7-15(13-18-12-4-2)14-8-10-16(17)11-9-14/h8-11,15,18H,3-7,12-13H2,1-2H3. The van der Waals surface area contributed by atoms with Crippen molar-refractivity contribution in [2.24, 2.45) is 0 Å². The minimum atomic E-state index is 0.663. The molecule has 0 saturated carbocycles. The molecule has 0 aliphatic rings. The zero-order chi connectivity index (χ0) is 13.2. The van der Waals surface area contributed by atoms with Gasteiger partial charge >= 0.3 is 0 Å². The van der Waals surface area contributed by atoms with E-state index in [1.807, 2.05) is 0 Å². The van der Waals surface area contributed by atoms with Gasteiger partial charge in [0.2, 0.25) is 0 Å². The number of hydrogen-bond acceptors (Lipinski definition) is 1. The van der Waals surface area contributed by atoms with Gasteiger partial charge in [0.05, 0.1) is 0 Å². The van der Waals surface area contributed by atoms with E-state index in [1.165, 1.54) is 42.1 Å². The van der Waals surface area contributed by atoms with Crippen LogP contribution in [0.15, 0.2) is 28.7 Å². The lowest BCUT2D eigenvalue weighted by Crippen LogP contribution is -2.22.